The number of carbonyl (C=O) groups excluding carboxylic acids is 2. The third kappa shape index (κ3) is 73.2. The maximum absolute atomic E-state index is 12.4. The summed E-state index contributed by atoms with van der Waals surface area (Å²) in [5.74, 6) is -0.617. The van der Waals surface area contributed by atoms with Gasteiger partial charge in [-0.2, -0.15) is 0 Å². The fraction of sp³-hybridized carbons (Fsp3) is 0.590. The molecule has 0 aromatic carbocycles. The van der Waals surface area contributed by atoms with E-state index in [0.29, 0.717) is 12.8 Å². The largest absolute Gasteiger partial charge is 0.462 e. The number of esters is 2. The number of rotatable bonds is 64. The molecule has 1 N–H and O–H groups in total. The molecule has 5 heteroatoms. The van der Waals surface area contributed by atoms with Gasteiger partial charge in [0.25, 0.3) is 0 Å². The van der Waals surface area contributed by atoms with Gasteiger partial charge in [-0.1, -0.05) is 337 Å². The molecule has 5 nitrogen and oxygen atoms in total. The van der Waals surface area contributed by atoms with Gasteiger partial charge in [-0.15, -0.1) is 0 Å². The minimum atomic E-state index is -0.797. The van der Waals surface area contributed by atoms with Gasteiger partial charge in [-0.3, -0.25) is 9.59 Å². The van der Waals surface area contributed by atoms with Gasteiger partial charge in [0, 0.05) is 12.8 Å². The highest BCUT2D eigenvalue weighted by Crippen LogP contribution is 2.16. The van der Waals surface area contributed by atoms with E-state index in [1.165, 1.54) is 109 Å². The Bertz CT molecular complexity index is 2000. The number of aliphatic hydroxyl groups is 1. The summed E-state index contributed by atoms with van der Waals surface area (Å²) in [6.45, 7) is 3.90. The van der Waals surface area contributed by atoms with Crippen molar-refractivity contribution in [2.75, 3.05) is 13.2 Å². The highest BCUT2D eigenvalue weighted by atomic mass is 16.6. The first-order valence-electron chi connectivity index (χ1n) is 36.0. The second-order valence-electron chi connectivity index (χ2n) is 23.2. The van der Waals surface area contributed by atoms with Crippen LogP contribution < -0.4 is 0 Å². The molecule has 0 amide bonds. The lowest BCUT2D eigenvalue weighted by molar-refractivity contribution is -0.161. The molecule has 0 aromatic rings. The fourth-order valence-electron chi connectivity index (χ4n) is 9.59. The monoisotopic (exact) mass is 1210 g/mol. The molecule has 0 aliphatic carbocycles. The van der Waals surface area contributed by atoms with E-state index in [4.69, 9.17) is 9.47 Å². The Kier molecular flexibility index (Phi) is 71.4. The number of hydrogen-bond acceptors (Lipinski definition) is 5. The molecule has 0 heterocycles. The van der Waals surface area contributed by atoms with Crippen molar-refractivity contribution < 1.29 is 24.2 Å². The Balaban J connectivity index is 3.58. The Morgan fingerprint density at radius 1 is 0.261 bits per heavy atom. The summed E-state index contributed by atoms with van der Waals surface area (Å²) in [5, 5.41) is 9.71. The summed E-state index contributed by atoms with van der Waals surface area (Å²) in [6.07, 6.45) is 120. The lowest BCUT2D eigenvalue weighted by Crippen LogP contribution is -2.28. The molecule has 1 atom stereocenters. The van der Waals surface area contributed by atoms with Crippen LogP contribution in [0, 0.1) is 0 Å². The predicted octanol–water partition coefficient (Wildman–Crippen LogP) is 25.5. The average molecular weight is 1210 g/mol. The van der Waals surface area contributed by atoms with Crippen LogP contribution in [0.15, 0.2) is 194 Å². The average Bonchev–Trinajstić information content (AvgIpc) is 3.54. The maximum atomic E-state index is 12.4. The molecule has 0 saturated carbocycles. The molecule has 0 saturated heterocycles. The van der Waals surface area contributed by atoms with Crippen LogP contribution in [0.25, 0.3) is 0 Å². The second-order valence-corrected chi connectivity index (χ2v) is 23.2. The zero-order valence-electron chi connectivity index (χ0n) is 56.7. The van der Waals surface area contributed by atoms with Gasteiger partial charge in [0.2, 0.25) is 0 Å². The van der Waals surface area contributed by atoms with Crippen molar-refractivity contribution in [2.24, 2.45) is 0 Å². The minimum absolute atomic E-state index is 0.0830. The van der Waals surface area contributed by atoms with Gasteiger partial charge in [-0.05, 0) is 141 Å². The minimum Gasteiger partial charge on any atom is -0.462 e. The molecule has 1 unspecified atom stereocenters. The van der Waals surface area contributed by atoms with Crippen LogP contribution in [0.2, 0.25) is 0 Å². The molecule has 0 aromatic heterocycles. The second kappa shape index (κ2) is 76.0. The van der Waals surface area contributed by atoms with Crippen LogP contribution >= 0.6 is 0 Å². The summed E-state index contributed by atoms with van der Waals surface area (Å²) >= 11 is 0. The number of unbranched alkanes of at least 4 members (excludes halogenated alkanes) is 24. The van der Waals surface area contributed by atoms with Crippen LogP contribution in [0.5, 0.6) is 0 Å². The molecular weight excluding hydrogens is 1080 g/mol. The maximum Gasteiger partial charge on any atom is 0.306 e. The first kappa shape index (κ1) is 82.7. The molecule has 0 spiro atoms. The Morgan fingerprint density at radius 3 is 0.682 bits per heavy atom. The third-order valence-corrected chi connectivity index (χ3v) is 14.9. The van der Waals surface area contributed by atoms with E-state index in [2.05, 4.69) is 208 Å². The van der Waals surface area contributed by atoms with Gasteiger partial charge in [0.05, 0.1) is 6.61 Å². The lowest BCUT2D eigenvalue weighted by Gasteiger charge is -2.15. The summed E-state index contributed by atoms with van der Waals surface area (Å²) < 4.78 is 10.7. The summed E-state index contributed by atoms with van der Waals surface area (Å²) in [6, 6.07) is 0. The molecule has 0 fully saturated rings. The number of carbonyl (C=O) groups is 2. The molecule has 0 aliphatic rings. The van der Waals surface area contributed by atoms with E-state index in [9.17, 15) is 14.7 Å². The van der Waals surface area contributed by atoms with E-state index in [-0.39, 0.29) is 25.2 Å². The van der Waals surface area contributed by atoms with Crippen molar-refractivity contribution in [3.63, 3.8) is 0 Å². The van der Waals surface area contributed by atoms with Crippen LogP contribution in [-0.2, 0) is 19.1 Å². The summed E-state index contributed by atoms with van der Waals surface area (Å²) in [4.78, 5) is 24.7. The van der Waals surface area contributed by atoms with Gasteiger partial charge in [0.15, 0.2) is 6.10 Å². The SMILES string of the molecule is CC/C=C\C/C=C\C/C=C\C/C=C\C/C=C\C/C=C\C/C=C\C/C=C\C/C=C\C/C=C\C/C=C\CCCCCCCC(=O)OC(CO)COC(=O)CCCCCCCCCCCCCCCCCCCCC/C=C\C/C=C\C/C=C\C/C=C\C/C=C\CC. The lowest BCUT2D eigenvalue weighted by atomic mass is 10.0. The zero-order valence-corrected chi connectivity index (χ0v) is 56.7. The zero-order chi connectivity index (χ0) is 63.3. The fourth-order valence-corrected chi connectivity index (χ4v) is 9.59. The van der Waals surface area contributed by atoms with Gasteiger partial charge in [0.1, 0.15) is 6.61 Å². The third-order valence-electron chi connectivity index (χ3n) is 14.9. The topological polar surface area (TPSA) is 72.8 Å². The Labute approximate surface area is 543 Å². The summed E-state index contributed by atoms with van der Waals surface area (Å²) in [7, 11) is 0. The molecular formula is C83H132O5. The number of allylic oxidation sites excluding steroid dienone is 32. The van der Waals surface area contributed by atoms with Crippen LogP contribution in [-0.4, -0.2) is 36.4 Å². The quantitative estimate of drug-likeness (QED) is 0.0373. The van der Waals surface area contributed by atoms with Gasteiger partial charge in [-0.25, -0.2) is 0 Å². The molecule has 88 heavy (non-hydrogen) atoms. The van der Waals surface area contributed by atoms with Crippen molar-refractivity contribution in [1.82, 2.24) is 0 Å². The van der Waals surface area contributed by atoms with E-state index >= 15 is 0 Å². The van der Waals surface area contributed by atoms with Gasteiger partial charge < -0.3 is 14.6 Å². The number of hydrogen-bond donors (Lipinski definition) is 1. The standard InChI is InChI=1S/C83H132O5/c1-3-5-7-9-11-13-15-17-19-21-23-25-27-29-31-33-35-37-39-40-41-42-44-46-48-50-52-54-56-58-60-62-64-66-68-70-72-74-76-78-83(86)88-81(79-84)80-87-82(85)77-75-73-71-69-67-65-63-61-59-57-55-53-51-49-47-45-43-38-36-34-32-30-28-26-24-22-20-18-16-14-12-10-8-6-4-2/h5-8,11-14,17-20,23-26,29-32,35,37,40-41,44,46,50,52,56,58,62,64,81,84H,3-4,9-10,15-16,21-22,27-28,33-34,36,38-39,42-43,45,47-49,51,53-55,57,59-61,63,65-80H2,1-2H3/b7-5-,8-6-,13-11-,14-12-,19-17-,20-18-,25-23-,26-24-,31-29-,32-30-,37-35-,41-40-,46-44-,52-50-,58-56-,64-62-. The molecule has 494 valence electrons. The van der Waals surface area contributed by atoms with E-state index in [1.54, 1.807) is 0 Å². The smallest absolute Gasteiger partial charge is 0.306 e. The van der Waals surface area contributed by atoms with Crippen LogP contribution in [0.1, 0.15) is 296 Å². The molecule has 0 bridgehead atoms. The number of aliphatic hydroxyl groups excluding tert-OH is 1. The van der Waals surface area contributed by atoms with Crippen LogP contribution in [0.3, 0.4) is 0 Å². The highest BCUT2D eigenvalue weighted by molar-refractivity contribution is 5.70. The van der Waals surface area contributed by atoms with E-state index < -0.39 is 6.10 Å². The number of ether oxygens (including phenoxy) is 2. The van der Waals surface area contributed by atoms with Crippen molar-refractivity contribution in [3.8, 4) is 0 Å². The predicted molar refractivity (Wildman–Crippen MR) is 389 cm³/mol. The van der Waals surface area contributed by atoms with Crippen LogP contribution in [0.4, 0.5) is 0 Å². The van der Waals surface area contributed by atoms with Gasteiger partial charge >= 0.3 is 11.9 Å². The van der Waals surface area contributed by atoms with Crippen molar-refractivity contribution >= 4 is 11.9 Å². The normalized spacial score (nSPS) is 13.4. The van der Waals surface area contributed by atoms with E-state index in [0.717, 1.165) is 161 Å². The Hall–Kier alpha value is -5.26. The summed E-state index contributed by atoms with van der Waals surface area (Å²) in [5.41, 5.74) is 0. The van der Waals surface area contributed by atoms with E-state index in [1.807, 2.05) is 0 Å². The van der Waals surface area contributed by atoms with Crippen molar-refractivity contribution in [1.29, 1.82) is 0 Å². The Morgan fingerprint density at radius 2 is 0.455 bits per heavy atom. The van der Waals surface area contributed by atoms with Crippen molar-refractivity contribution in [2.45, 2.75) is 302 Å². The first-order valence-corrected chi connectivity index (χ1v) is 36.0. The highest BCUT2D eigenvalue weighted by Gasteiger charge is 2.16. The molecule has 0 aliphatic heterocycles. The first-order chi connectivity index (χ1) is 43.6. The van der Waals surface area contributed by atoms with Crippen molar-refractivity contribution in [3.05, 3.63) is 194 Å². The molecule has 0 rings (SSSR count). The molecule has 0 radical (unpaired) electrons.